The topological polar surface area (TPSA) is 98.3 Å². The van der Waals surface area contributed by atoms with E-state index >= 15 is 0 Å². The number of nitrogens with two attached hydrogens (primary N) is 1. The molecule has 1 fully saturated rings. The lowest BCUT2D eigenvalue weighted by molar-refractivity contribution is -0.384. The van der Waals surface area contributed by atoms with Gasteiger partial charge in [-0.15, -0.1) is 0 Å². The van der Waals surface area contributed by atoms with Gasteiger partial charge in [0.15, 0.2) is 0 Å². The zero-order valence-electron chi connectivity index (χ0n) is 8.77. The maximum Gasteiger partial charge on any atom is 0.270 e. The summed E-state index contributed by atoms with van der Waals surface area (Å²) in [6.45, 7) is 0. The molecule has 1 aromatic carbocycles. The standard InChI is InChI=1S/C10H10BrN3O3/c11-7-5-6(14(16)17)1-2-8(7)13-9(15)10(12)3-4-10/h1-2,5H,3-4,12H2,(H,13,15). The van der Waals surface area contributed by atoms with E-state index in [0.29, 0.717) is 23.0 Å². The molecule has 0 unspecified atom stereocenters. The van der Waals surface area contributed by atoms with Crippen LogP contribution in [0.3, 0.4) is 0 Å². The number of hydrogen-bond donors (Lipinski definition) is 2. The molecule has 0 atom stereocenters. The van der Waals surface area contributed by atoms with E-state index in [4.69, 9.17) is 5.73 Å². The van der Waals surface area contributed by atoms with E-state index < -0.39 is 10.5 Å². The first kappa shape index (κ1) is 12.0. The average Bonchev–Trinajstić information content (AvgIpc) is 3.00. The quantitative estimate of drug-likeness (QED) is 0.656. The first-order chi connectivity index (χ1) is 7.92. The van der Waals surface area contributed by atoms with Gasteiger partial charge < -0.3 is 11.1 Å². The molecule has 1 saturated carbocycles. The molecule has 1 aliphatic rings. The van der Waals surface area contributed by atoms with Crippen LogP contribution in [-0.4, -0.2) is 16.4 Å². The van der Waals surface area contributed by atoms with Gasteiger partial charge in [0.05, 0.1) is 16.1 Å². The molecule has 0 aliphatic heterocycles. The number of benzene rings is 1. The average molecular weight is 300 g/mol. The van der Waals surface area contributed by atoms with Crippen molar-refractivity contribution in [2.75, 3.05) is 5.32 Å². The molecule has 3 N–H and O–H groups in total. The number of hydrogen-bond acceptors (Lipinski definition) is 4. The van der Waals surface area contributed by atoms with Gasteiger partial charge in [0.2, 0.25) is 5.91 Å². The molecule has 90 valence electrons. The van der Waals surface area contributed by atoms with Crippen LogP contribution in [0.15, 0.2) is 22.7 Å². The highest BCUT2D eigenvalue weighted by Crippen LogP contribution is 2.35. The molecular weight excluding hydrogens is 290 g/mol. The van der Waals surface area contributed by atoms with Crippen molar-refractivity contribution in [1.29, 1.82) is 0 Å². The largest absolute Gasteiger partial charge is 0.323 e. The van der Waals surface area contributed by atoms with Crippen LogP contribution in [0.5, 0.6) is 0 Å². The molecule has 2 rings (SSSR count). The Kier molecular flexibility index (Phi) is 2.88. The Hall–Kier alpha value is -1.47. The summed E-state index contributed by atoms with van der Waals surface area (Å²) in [4.78, 5) is 21.7. The fourth-order valence-corrected chi connectivity index (χ4v) is 1.79. The first-order valence-corrected chi connectivity index (χ1v) is 5.76. The van der Waals surface area contributed by atoms with Gasteiger partial charge in [-0.05, 0) is 34.8 Å². The number of nitro benzene ring substituents is 1. The maximum atomic E-state index is 11.7. The van der Waals surface area contributed by atoms with Crippen molar-refractivity contribution >= 4 is 33.2 Å². The van der Waals surface area contributed by atoms with Crippen molar-refractivity contribution in [1.82, 2.24) is 0 Å². The van der Waals surface area contributed by atoms with Gasteiger partial charge in [-0.3, -0.25) is 14.9 Å². The second-order valence-corrected chi connectivity index (χ2v) is 4.89. The summed E-state index contributed by atoms with van der Waals surface area (Å²) in [5.74, 6) is -0.257. The van der Waals surface area contributed by atoms with Crippen molar-refractivity contribution in [3.63, 3.8) is 0 Å². The highest BCUT2D eigenvalue weighted by molar-refractivity contribution is 9.10. The van der Waals surface area contributed by atoms with E-state index in [1.165, 1.54) is 18.2 Å². The molecule has 0 heterocycles. The molecule has 7 heteroatoms. The fourth-order valence-electron chi connectivity index (χ4n) is 1.33. The van der Waals surface area contributed by atoms with Crippen LogP contribution in [0, 0.1) is 10.1 Å². The minimum atomic E-state index is -0.763. The first-order valence-electron chi connectivity index (χ1n) is 4.97. The monoisotopic (exact) mass is 299 g/mol. The molecule has 0 saturated heterocycles. The molecule has 17 heavy (non-hydrogen) atoms. The minimum Gasteiger partial charge on any atom is -0.323 e. The summed E-state index contributed by atoms with van der Waals surface area (Å²) in [6, 6.07) is 4.15. The number of non-ortho nitro benzene ring substituents is 1. The Bertz CT molecular complexity index is 500. The van der Waals surface area contributed by atoms with Crippen LogP contribution in [-0.2, 0) is 4.79 Å². The van der Waals surface area contributed by atoms with E-state index in [1.807, 2.05) is 0 Å². The number of nitrogens with one attached hydrogen (secondary N) is 1. The molecule has 0 aromatic heterocycles. The van der Waals surface area contributed by atoms with Gasteiger partial charge in [-0.2, -0.15) is 0 Å². The van der Waals surface area contributed by atoms with Gasteiger partial charge in [0.25, 0.3) is 5.69 Å². The summed E-state index contributed by atoms with van der Waals surface area (Å²) >= 11 is 3.17. The normalized spacial score (nSPS) is 16.4. The zero-order chi connectivity index (χ0) is 12.6. The van der Waals surface area contributed by atoms with Gasteiger partial charge in [0.1, 0.15) is 0 Å². The Morgan fingerprint density at radius 3 is 2.65 bits per heavy atom. The SMILES string of the molecule is NC1(C(=O)Nc2ccc([N+](=O)[O-])cc2Br)CC1. The van der Waals surface area contributed by atoms with Crippen molar-refractivity contribution in [2.24, 2.45) is 5.73 Å². The van der Waals surface area contributed by atoms with Crippen LogP contribution < -0.4 is 11.1 Å². The zero-order valence-corrected chi connectivity index (χ0v) is 10.4. The van der Waals surface area contributed by atoms with Crippen LogP contribution in [0.1, 0.15) is 12.8 Å². The van der Waals surface area contributed by atoms with Gasteiger partial charge in [0, 0.05) is 16.6 Å². The number of halogens is 1. The van der Waals surface area contributed by atoms with Crippen LogP contribution in [0.2, 0.25) is 0 Å². The maximum absolute atomic E-state index is 11.7. The third-order valence-corrected chi connectivity index (χ3v) is 3.31. The number of rotatable bonds is 3. The molecule has 0 spiro atoms. The van der Waals surface area contributed by atoms with Crippen LogP contribution >= 0.6 is 15.9 Å². The molecule has 6 nitrogen and oxygen atoms in total. The lowest BCUT2D eigenvalue weighted by atomic mass is 10.2. The van der Waals surface area contributed by atoms with E-state index in [1.54, 1.807) is 0 Å². The van der Waals surface area contributed by atoms with Crippen molar-refractivity contribution < 1.29 is 9.72 Å². The number of carbonyl (C=O) groups is 1. The second-order valence-electron chi connectivity index (χ2n) is 4.03. The number of anilines is 1. The summed E-state index contributed by atoms with van der Waals surface area (Å²) in [5, 5.41) is 13.2. The summed E-state index contributed by atoms with van der Waals surface area (Å²) in [7, 11) is 0. The minimum absolute atomic E-state index is 0.0382. The molecule has 1 aromatic rings. The summed E-state index contributed by atoms with van der Waals surface area (Å²) < 4.78 is 0.462. The number of amides is 1. The number of nitrogens with zero attached hydrogens (tertiary/aromatic N) is 1. The number of carbonyl (C=O) groups excluding carboxylic acids is 1. The van der Waals surface area contributed by atoms with E-state index in [0.717, 1.165) is 0 Å². The fraction of sp³-hybridized carbons (Fsp3) is 0.300. The Morgan fingerprint density at radius 1 is 1.53 bits per heavy atom. The lowest BCUT2D eigenvalue weighted by Gasteiger charge is -2.11. The third-order valence-electron chi connectivity index (χ3n) is 2.65. The van der Waals surface area contributed by atoms with Crippen molar-refractivity contribution in [2.45, 2.75) is 18.4 Å². The highest BCUT2D eigenvalue weighted by Gasteiger charge is 2.46. The molecular formula is C10H10BrN3O3. The summed E-state index contributed by atoms with van der Waals surface area (Å²) in [6.07, 6.45) is 1.34. The Labute approximate surface area is 105 Å². The Balaban J connectivity index is 2.17. The number of nitro groups is 1. The van der Waals surface area contributed by atoms with Gasteiger partial charge in [-0.25, -0.2) is 0 Å². The van der Waals surface area contributed by atoms with Gasteiger partial charge >= 0.3 is 0 Å². The van der Waals surface area contributed by atoms with E-state index in [-0.39, 0.29) is 11.6 Å². The Morgan fingerprint density at radius 2 is 2.18 bits per heavy atom. The van der Waals surface area contributed by atoms with E-state index in [9.17, 15) is 14.9 Å². The van der Waals surface area contributed by atoms with Crippen LogP contribution in [0.4, 0.5) is 11.4 Å². The second kappa shape index (κ2) is 4.08. The smallest absolute Gasteiger partial charge is 0.270 e. The van der Waals surface area contributed by atoms with Crippen molar-refractivity contribution in [3.8, 4) is 0 Å². The van der Waals surface area contributed by atoms with Gasteiger partial charge in [-0.1, -0.05) is 0 Å². The summed E-state index contributed by atoms with van der Waals surface area (Å²) in [5.41, 5.74) is 5.41. The highest BCUT2D eigenvalue weighted by atomic mass is 79.9. The van der Waals surface area contributed by atoms with E-state index in [2.05, 4.69) is 21.2 Å². The third kappa shape index (κ3) is 2.45. The molecule has 0 bridgehead atoms. The predicted octanol–water partition coefficient (Wildman–Crippen LogP) is 1.79. The van der Waals surface area contributed by atoms with Crippen LogP contribution in [0.25, 0.3) is 0 Å². The predicted molar refractivity (Wildman–Crippen MR) is 65.6 cm³/mol. The lowest BCUT2D eigenvalue weighted by Crippen LogP contribution is -2.37. The molecule has 0 radical (unpaired) electrons. The molecule has 1 aliphatic carbocycles. The van der Waals surface area contributed by atoms with Crippen molar-refractivity contribution in [3.05, 3.63) is 32.8 Å². The molecule has 1 amide bonds.